The Bertz CT molecular complexity index is 172. The van der Waals surface area contributed by atoms with E-state index >= 15 is 0 Å². The van der Waals surface area contributed by atoms with E-state index in [1.807, 2.05) is 11.8 Å². The van der Waals surface area contributed by atoms with Gasteiger partial charge < -0.3 is 5.32 Å². The van der Waals surface area contributed by atoms with Crippen LogP contribution in [-0.2, 0) is 4.79 Å². The quantitative estimate of drug-likeness (QED) is 0.676. The third-order valence-electron chi connectivity index (χ3n) is 2.31. The SMILES string of the molecule is CC(=O)NC1CC(C)SCC1C. The summed E-state index contributed by atoms with van der Waals surface area (Å²) in [5, 5.41) is 3.70. The lowest BCUT2D eigenvalue weighted by molar-refractivity contribution is -0.120. The molecular weight excluding hydrogens is 170 g/mol. The molecule has 1 amide bonds. The number of thioether (sulfide) groups is 1. The summed E-state index contributed by atoms with van der Waals surface area (Å²) in [7, 11) is 0. The summed E-state index contributed by atoms with van der Waals surface area (Å²) >= 11 is 2.01. The second-order valence-corrected chi connectivity index (χ2v) is 5.14. The molecule has 0 saturated carbocycles. The third-order valence-corrected chi connectivity index (χ3v) is 3.78. The Morgan fingerprint density at radius 2 is 2.17 bits per heavy atom. The van der Waals surface area contributed by atoms with Gasteiger partial charge in [-0.1, -0.05) is 13.8 Å². The van der Waals surface area contributed by atoms with Gasteiger partial charge in [0.1, 0.15) is 0 Å². The lowest BCUT2D eigenvalue weighted by atomic mass is 9.98. The summed E-state index contributed by atoms with van der Waals surface area (Å²) in [6, 6.07) is 0.402. The van der Waals surface area contributed by atoms with Gasteiger partial charge in [0.05, 0.1) is 0 Å². The van der Waals surface area contributed by atoms with Gasteiger partial charge in [-0.25, -0.2) is 0 Å². The minimum Gasteiger partial charge on any atom is -0.353 e. The number of hydrogen-bond acceptors (Lipinski definition) is 2. The molecule has 0 radical (unpaired) electrons. The van der Waals surface area contributed by atoms with Crippen LogP contribution in [0, 0.1) is 5.92 Å². The van der Waals surface area contributed by atoms with Crippen LogP contribution in [0.1, 0.15) is 27.2 Å². The van der Waals surface area contributed by atoms with Gasteiger partial charge in [-0.15, -0.1) is 0 Å². The van der Waals surface area contributed by atoms with Crippen molar-refractivity contribution in [3.63, 3.8) is 0 Å². The minimum absolute atomic E-state index is 0.103. The zero-order chi connectivity index (χ0) is 9.14. The molecule has 2 nitrogen and oxygen atoms in total. The molecule has 3 unspecified atom stereocenters. The lowest BCUT2D eigenvalue weighted by Crippen LogP contribution is -2.43. The molecular formula is C9H17NOS. The normalized spacial score (nSPS) is 36.1. The molecule has 1 rings (SSSR count). The van der Waals surface area contributed by atoms with Crippen LogP contribution in [0.4, 0.5) is 0 Å². The number of hydrogen-bond donors (Lipinski definition) is 1. The molecule has 0 spiro atoms. The number of nitrogens with one attached hydrogen (secondary N) is 1. The number of rotatable bonds is 1. The van der Waals surface area contributed by atoms with E-state index in [9.17, 15) is 4.79 Å². The molecule has 0 aromatic rings. The highest BCUT2D eigenvalue weighted by molar-refractivity contribution is 7.99. The van der Waals surface area contributed by atoms with E-state index in [4.69, 9.17) is 0 Å². The van der Waals surface area contributed by atoms with Crippen LogP contribution in [0.2, 0.25) is 0 Å². The molecule has 0 bridgehead atoms. The highest BCUT2D eigenvalue weighted by atomic mass is 32.2. The maximum absolute atomic E-state index is 10.8. The van der Waals surface area contributed by atoms with E-state index in [0.717, 1.165) is 6.42 Å². The Kier molecular flexibility index (Phi) is 3.44. The maximum atomic E-state index is 10.8. The van der Waals surface area contributed by atoms with E-state index < -0.39 is 0 Å². The predicted molar refractivity (Wildman–Crippen MR) is 53.3 cm³/mol. The van der Waals surface area contributed by atoms with E-state index in [1.54, 1.807) is 6.92 Å². The number of carbonyl (C=O) groups is 1. The van der Waals surface area contributed by atoms with Crippen LogP contribution in [0.3, 0.4) is 0 Å². The second-order valence-electron chi connectivity index (χ2n) is 3.66. The Morgan fingerprint density at radius 3 is 2.75 bits per heavy atom. The summed E-state index contributed by atoms with van der Waals surface area (Å²) in [6.45, 7) is 6.03. The van der Waals surface area contributed by atoms with Crippen LogP contribution >= 0.6 is 11.8 Å². The van der Waals surface area contributed by atoms with Crippen molar-refractivity contribution in [3.8, 4) is 0 Å². The largest absolute Gasteiger partial charge is 0.353 e. The molecule has 3 heteroatoms. The Hall–Kier alpha value is -0.180. The number of carbonyl (C=O) groups excluding carboxylic acids is 1. The van der Waals surface area contributed by atoms with Crippen LogP contribution in [-0.4, -0.2) is 23.0 Å². The molecule has 0 aromatic heterocycles. The summed E-state index contributed by atoms with van der Waals surface area (Å²) in [5.74, 6) is 1.90. The topological polar surface area (TPSA) is 29.1 Å². The summed E-state index contributed by atoms with van der Waals surface area (Å²) in [4.78, 5) is 10.8. The maximum Gasteiger partial charge on any atom is 0.217 e. The fraction of sp³-hybridized carbons (Fsp3) is 0.889. The Labute approximate surface area is 78.5 Å². The van der Waals surface area contributed by atoms with Gasteiger partial charge in [-0.2, -0.15) is 11.8 Å². The molecule has 70 valence electrons. The lowest BCUT2D eigenvalue weighted by Gasteiger charge is -2.32. The van der Waals surface area contributed by atoms with Gasteiger partial charge in [0.25, 0.3) is 0 Å². The van der Waals surface area contributed by atoms with Crippen molar-refractivity contribution in [3.05, 3.63) is 0 Å². The first-order valence-corrected chi connectivity index (χ1v) is 5.53. The zero-order valence-corrected chi connectivity index (χ0v) is 8.78. The van der Waals surface area contributed by atoms with Gasteiger partial charge in [0.2, 0.25) is 5.91 Å². The Balaban J connectivity index is 2.43. The average Bonchev–Trinajstić information content (AvgIpc) is 1.96. The molecule has 3 atom stereocenters. The van der Waals surface area contributed by atoms with E-state index in [2.05, 4.69) is 19.2 Å². The second kappa shape index (κ2) is 4.17. The van der Waals surface area contributed by atoms with Crippen LogP contribution in [0.25, 0.3) is 0 Å². The van der Waals surface area contributed by atoms with Crippen molar-refractivity contribution in [1.29, 1.82) is 0 Å². The molecule has 0 aromatic carbocycles. The standard InChI is InChI=1S/C9H17NOS/c1-6-5-12-7(2)4-9(6)10-8(3)11/h6-7,9H,4-5H2,1-3H3,(H,10,11). The average molecular weight is 187 g/mol. The predicted octanol–water partition coefficient (Wildman–Crippen LogP) is 1.65. The fourth-order valence-corrected chi connectivity index (χ4v) is 2.76. The van der Waals surface area contributed by atoms with Crippen molar-refractivity contribution in [1.82, 2.24) is 5.32 Å². The molecule has 1 saturated heterocycles. The first-order chi connectivity index (χ1) is 5.59. The van der Waals surface area contributed by atoms with E-state index in [0.29, 0.717) is 17.2 Å². The first kappa shape index (κ1) is 9.90. The summed E-state index contributed by atoms with van der Waals surface area (Å²) in [5.41, 5.74) is 0. The summed E-state index contributed by atoms with van der Waals surface area (Å²) < 4.78 is 0. The van der Waals surface area contributed by atoms with Crippen molar-refractivity contribution in [2.45, 2.75) is 38.5 Å². The van der Waals surface area contributed by atoms with Gasteiger partial charge in [-0.05, 0) is 18.1 Å². The monoisotopic (exact) mass is 187 g/mol. The molecule has 0 aliphatic carbocycles. The highest BCUT2D eigenvalue weighted by Gasteiger charge is 2.25. The first-order valence-electron chi connectivity index (χ1n) is 4.48. The Morgan fingerprint density at radius 1 is 1.50 bits per heavy atom. The molecule has 1 aliphatic heterocycles. The zero-order valence-electron chi connectivity index (χ0n) is 7.96. The van der Waals surface area contributed by atoms with Crippen molar-refractivity contribution in [2.24, 2.45) is 5.92 Å². The molecule has 1 fully saturated rings. The van der Waals surface area contributed by atoms with Gasteiger partial charge in [0, 0.05) is 18.2 Å². The van der Waals surface area contributed by atoms with Crippen molar-refractivity contribution in [2.75, 3.05) is 5.75 Å². The van der Waals surface area contributed by atoms with E-state index in [-0.39, 0.29) is 5.91 Å². The molecule has 1 heterocycles. The fourth-order valence-electron chi connectivity index (χ4n) is 1.55. The van der Waals surface area contributed by atoms with Gasteiger partial charge in [-0.3, -0.25) is 4.79 Å². The third kappa shape index (κ3) is 2.70. The van der Waals surface area contributed by atoms with Crippen LogP contribution in [0.5, 0.6) is 0 Å². The molecule has 1 aliphatic rings. The van der Waals surface area contributed by atoms with Crippen LogP contribution < -0.4 is 5.32 Å². The van der Waals surface area contributed by atoms with Crippen molar-refractivity contribution < 1.29 is 4.79 Å². The molecule has 12 heavy (non-hydrogen) atoms. The van der Waals surface area contributed by atoms with Gasteiger partial charge in [0.15, 0.2) is 0 Å². The van der Waals surface area contributed by atoms with E-state index in [1.165, 1.54) is 5.75 Å². The minimum atomic E-state index is 0.103. The number of amides is 1. The molecule has 1 N–H and O–H groups in total. The van der Waals surface area contributed by atoms with Crippen LogP contribution in [0.15, 0.2) is 0 Å². The highest BCUT2D eigenvalue weighted by Crippen LogP contribution is 2.28. The summed E-state index contributed by atoms with van der Waals surface area (Å²) in [6.07, 6.45) is 1.12. The van der Waals surface area contributed by atoms with Gasteiger partial charge >= 0.3 is 0 Å². The smallest absolute Gasteiger partial charge is 0.217 e. The van der Waals surface area contributed by atoms with Crippen molar-refractivity contribution >= 4 is 17.7 Å².